The highest BCUT2D eigenvalue weighted by Gasteiger charge is 2.15. The molecule has 0 saturated carbocycles. The Bertz CT molecular complexity index is 642. The summed E-state index contributed by atoms with van der Waals surface area (Å²) in [5.41, 5.74) is 0.896. The fourth-order valence-corrected chi connectivity index (χ4v) is 3.01. The second-order valence-corrected chi connectivity index (χ2v) is 6.83. The number of hydrogen-bond acceptors (Lipinski definition) is 3. The molecule has 1 heterocycles. The van der Waals surface area contributed by atoms with E-state index in [1.54, 1.807) is 25.1 Å². The third kappa shape index (κ3) is 4.63. The highest BCUT2D eigenvalue weighted by molar-refractivity contribution is 7.16. The van der Waals surface area contributed by atoms with Gasteiger partial charge in [0.05, 0.1) is 10.9 Å². The molecule has 0 bridgehead atoms. The zero-order chi connectivity index (χ0) is 15.4. The Morgan fingerprint density at radius 1 is 1.33 bits per heavy atom. The topological polar surface area (TPSA) is 38.3 Å². The minimum Gasteiger partial charge on any atom is -0.481 e. The van der Waals surface area contributed by atoms with E-state index in [4.69, 9.17) is 27.9 Å². The van der Waals surface area contributed by atoms with Gasteiger partial charge in [0, 0.05) is 9.90 Å². The van der Waals surface area contributed by atoms with Crippen molar-refractivity contribution >= 4 is 40.4 Å². The molecule has 6 heteroatoms. The molecule has 0 radical (unpaired) electrons. The average molecular weight is 344 g/mol. The van der Waals surface area contributed by atoms with Gasteiger partial charge in [-0.15, -0.1) is 11.3 Å². The summed E-state index contributed by atoms with van der Waals surface area (Å²) in [6.07, 6.45) is -0.583. The lowest BCUT2D eigenvalue weighted by atomic mass is 10.2. The minimum atomic E-state index is -0.583. The molecule has 21 heavy (non-hydrogen) atoms. The largest absolute Gasteiger partial charge is 0.481 e. The second-order valence-electron chi connectivity index (χ2n) is 4.59. The maximum atomic E-state index is 12.0. The third-order valence-electron chi connectivity index (χ3n) is 2.88. The van der Waals surface area contributed by atoms with Crippen molar-refractivity contribution in [2.45, 2.75) is 26.5 Å². The summed E-state index contributed by atoms with van der Waals surface area (Å²) in [5, 5.41) is 3.47. The molecule has 1 atom stereocenters. The van der Waals surface area contributed by atoms with Crippen LogP contribution in [-0.4, -0.2) is 12.0 Å². The van der Waals surface area contributed by atoms with Crippen molar-refractivity contribution < 1.29 is 9.53 Å². The van der Waals surface area contributed by atoms with Crippen LogP contribution in [-0.2, 0) is 11.3 Å². The summed E-state index contributed by atoms with van der Waals surface area (Å²) in [6.45, 7) is 4.05. The van der Waals surface area contributed by atoms with Gasteiger partial charge in [-0.3, -0.25) is 4.79 Å². The first-order valence-corrected chi connectivity index (χ1v) is 7.97. The van der Waals surface area contributed by atoms with E-state index in [1.807, 2.05) is 19.1 Å². The maximum Gasteiger partial charge on any atom is 0.261 e. The first kappa shape index (κ1) is 16.1. The van der Waals surface area contributed by atoms with Gasteiger partial charge in [0.2, 0.25) is 0 Å². The van der Waals surface area contributed by atoms with Crippen molar-refractivity contribution in [2.75, 3.05) is 0 Å². The summed E-state index contributed by atoms with van der Waals surface area (Å²) in [7, 11) is 0. The molecule has 1 N–H and O–H groups in total. The van der Waals surface area contributed by atoms with Crippen LogP contribution >= 0.6 is 34.5 Å². The maximum absolute atomic E-state index is 12.0. The van der Waals surface area contributed by atoms with Gasteiger partial charge in [0.25, 0.3) is 5.91 Å². The first-order valence-electron chi connectivity index (χ1n) is 6.40. The smallest absolute Gasteiger partial charge is 0.261 e. The molecule has 1 aromatic carbocycles. The molecule has 0 spiro atoms. The number of hydrogen-bond donors (Lipinski definition) is 1. The summed E-state index contributed by atoms with van der Waals surface area (Å²) in [4.78, 5) is 13.0. The van der Waals surface area contributed by atoms with Gasteiger partial charge in [-0.2, -0.15) is 0 Å². The van der Waals surface area contributed by atoms with E-state index in [1.165, 1.54) is 11.3 Å². The highest BCUT2D eigenvalue weighted by atomic mass is 35.5. The standard InChI is InChI=1S/C15H15Cl2NO2S/c1-9-7-11(16)3-5-13(9)20-10(2)15(19)18-8-12-4-6-14(17)21-12/h3-7,10H,8H2,1-2H3,(H,18,19). The third-order valence-corrected chi connectivity index (χ3v) is 4.34. The van der Waals surface area contributed by atoms with Crippen LogP contribution in [0.3, 0.4) is 0 Å². The molecular weight excluding hydrogens is 329 g/mol. The lowest BCUT2D eigenvalue weighted by molar-refractivity contribution is -0.127. The van der Waals surface area contributed by atoms with Gasteiger partial charge in [-0.25, -0.2) is 0 Å². The summed E-state index contributed by atoms with van der Waals surface area (Å²) >= 11 is 13.2. The van der Waals surface area contributed by atoms with Crippen LogP contribution in [0.5, 0.6) is 5.75 Å². The van der Waals surface area contributed by atoms with E-state index in [-0.39, 0.29) is 5.91 Å². The molecule has 0 fully saturated rings. The second kappa shape index (κ2) is 7.16. The minimum absolute atomic E-state index is 0.172. The quantitative estimate of drug-likeness (QED) is 0.870. The Morgan fingerprint density at radius 3 is 2.71 bits per heavy atom. The van der Waals surface area contributed by atoms with Crippen LogP contribution in [0.2, 0.25) is 9.36 Å². The van der Waals surface area contributed by atoms with Gasteiger partial charge in [0.15, 0.2) is 6.10 Å². The molecule has 112 valence electrons. The zero-order valence-corrected chi connectivity index (χ0v) is 14.0. The van der Waals surface area contributed by atoms with Crippen molar-refractivity contribution in [3.05, 3.63) is 50.1 Å². The summed E-state index contributed by atoms with van der Waals surface area (Å²) < 4.78 is 6.37. The van der Waals surface area contributed by atoms with Gasteiger partial charge in [-0.1, -0.05) is 23.2 Å². The summed E-state index contributed by atoms with van der Waals surface area (Å²) in [5.74, 6) is 0.482. The molecule has 3 nitrogen and oxygen atoms in total. The highest BCUT2D eigenvalue weighted by Crippen LogP contribution is 2.23. The molecule has 2 aromatic rings. The van der Waals surface area contributed by atoms with Crippen LogP contribution in [0.1, 0.15) is 17.4 Å². The first-order chi connectivity index (χ1) is 9.95. The molecule has 2 rings (SSSR count). The van der Waals surface area contributed by atoms with Crippen LogP contribution in [0, 0.1) is 6.92 Å². The van der Waals surface area contributed by atoms with Crippen LogP contribution in [0.4, 0.5) is 0 Å². The molecule has 1 aromatic heterocycles. The van der Waals surface area contributed by atoms with Gasteiger partial charge in [0.1, 0.15) is 5.75 Å². The molecular formula is C15H15Cl2NO2S. The number of benzene rings is 1. The van der Waals surface area contributed by atoms with Crippen molar-refractivity contribution in [1.29, 1.82) is 0 Å². The number of aryl methyl sites for hydroxylation is 1. The fourth-order valence-electron chi connectivity index (χ4n) is 1.75. The van der Waals surface area contributed by atoms with E-state index >= 15 is 0 Å². The van der Waals surface area contributed by atoms with Crippen LogP contribution in [0.15, 0.2) is 30.3 Å². The van der Waals surface area contributed by atoms with E-state index in [0.717, 1.165) is 10.4 Å². The van der Waals surface area contributed by atoms with E-state index in [9.17, 15) is 4.79 Å². The van der Waals surface area contributed by atoms with E-state index < -0.39 is 6.10 Å². The van der Waals surface area contributed by atoms with Crippen molar-refractivity contribution in [3.63, 3.8) is 0 Å². The number of carbonyl (C=O) groups excluding carboxylic acids is 1. The van der Waals surface area contributed by atoms with Crippen molar-refractivity contribution in [2.24, 2.45) is 0 Å². The molecule has 0 aliphatic carbocycles. The zero-order valence-electron chi connectivity index (χ0n) is 11.7. The van der Waals surface area contributed by atoms with Crippen LogP contribution in [0.25, 0.3) is 0 Å². The van der Waals surface area contributed by atoms with Gasteiger partial charge in [-0.05, 0) is 49.7 Å². The average Bonchev–Trinajstić information content (AvgIpc) is 2.85. The number of thiophene rings is 1. The van der Waals surface area contributed by atoms with E-state index in [0.29, 0.717) is 21.7 Å². The normalized spacial score (nSPS) is 12.0. The van der Waals surface area contributed by atoms with Crippen LogP contribution < -0.4 is 10.1 Å². The lowest BCUT2D eigenvalue weighted by Crippen LogP contribution is -2.35. The summed E-state index contributed by atoms with van der Waals surface area (Å²) in [6, 6.07) is 9.00. The Kier molecular flexibility index (Phi) is 5.51. The van der Waals surface area contributed by atoms with Gasteiger partial charge < -0.3 is 10.1 Å². The molecule has 0 aliphatic rings. The Balaban J connectivity index is 1.90. The number of rotatable bonds is 5. The number of amides is 1. The Hall–Kier alpha value is -1.23. The monoisotopic (exact) mass is 343 g/mol. The number of nitrogens with one attached hydrogen (secondary N) is 1. The molecule has 0 aliphatic heterocycles. The Labute approximate surface area is 137 Å². The number of ether oxygens (including phenoxy) is 1. The lowest BCUT2D eigenvalue weighted by Gasteiger charge is -2.16. The predicted molar refractivity (Wildman–Crippen MR) is 87.5 cm³/mol. The molecule has 1 amide bonds. The predicted octanol–water partition coefficient (Wildman–Crippen LogP) is 4.45. The SMILES string of the molecule is Cc1cc(Cl)ccc1OC(C)C(=O)NCc1ccc(Cl)s1. The molecule has 0 saturated heterocycles. The van der Waals surface area contributed by atoms with Crippen molar-refractivity contribution in [1.82, 2.24) is 5.32 Å². The van der Waals surface area contributed by atoms with Gasteiger partial charge >= 0.3 is 0 Å². The fraction of sp³-hybridized carbons (Fsp3) is 0.267. The number of halogens is 2. The van der Waals surface area contributed by atoms with Crippen molar-refractivity contribution in [3.8, 4) is 5.75 Å². The molecule has 1 unspecified atom stereocenters. The number of carbonyl (C=O) groups is 1. The van der Waals surface area contributed by atoms with E-state index in [2.05, 4.69) is 5.32 Å². The Morgan fingerprint density at radius 2 is 2.10 bits per heavy atom.